The van der Waals surface area contributed by atoms with Gasteiger partial charge in [0.05, 0.1) is 30.5 Å². The first-order chi connectivity index (χ1) is 18.1. The largest absolute Gasteiger partial charge is 0.522 e. The number of aromatic nitrogens is 5. The van der Waals surface area contributed by atoms with Gasteiger partial charge >= 0.3 is 12.1 Å². The van der Waals surface area contributed by atoms with Crippen LogP contribution in [0.2, 0.25) is 0 Å². The van der Waals surface area contributed by atoms with Crippen LogP contribution in [-0.4, -0.2) is 67.9 Å². The fourth-order valence-corrected chi connectivity index (χ4v) is 4.89. The molecule has 3 aromatic heterocycles. The van der Waals surface area contributed by atoms with Crippen LogP contribution in [0.15, 0.2) is 41.3 Å². The lowest BCUT2D eigenvalue weighted by Crippen LogP contribution is -2.29. The SMILES string of the molecule is CC(C)n1c(=O)n(C)c2nnc3ccc(-c4ccc(COCCN5CCC(OC(F)(F)F)C5)nc4)cc3c21. The van der Waals surface area contributed by atoms with Gasteiger partial charge in [-0.05, 0) is 44.0 Å². The Labute approximate surface area is 216 Å². The normalized spacial score (nSPS) is 16.9. The molecule has 4 heterocycles. The van der Waals surface area contributed by atoms with E-state index in [9.17, 15) is 18.0 Å². The number of nitrogens with zero attached hydrogens (tertiary/aromatic N) is 6. The standard InChI is InChI=1S/C26H29F3N6O3/c1-16(2)35-23-21-12-17(5-7-22(21)31-32-24(23)33(3)25(35)36)18-4-6-19(30-13-18)15-37-11-10-34-9-8-20(14-34)38-26(27,28)29/h4-7,12-13,16,20H,8-11,14-15H2,1-3H3. The van der Waals surface area contributed by atoms with Crippen molar-refractivity contribution in [2.75, 3.05) is 26.2 Å². The first-order valence-electron chi connectivity index (χ1n) is 12.5. The number of benzene rings is 1. The minimum atomic E-state index is -4.60. The second-order valence-corrected chi connectivity index (χ2v) is 9.78. The average Bonchev–Trinajstić information content (AvgIpc) is 3.42. The van der Waals surface area contributed by atoms with E-state index in [1.165, 1.54) is 4.57 Å². The molecule has 202 valence electrons. The maximum absolute atomic E-state index is 12.8. The van der Waals surface area contributed by atoms with Crippen LogP contribution in [0.1, 0.15) is 32.0 Å². The number of alkyl halides is 3. The first kappa shape index (κ1) is 26.3. The molecule has 0 N–H and O–H groups in total. The molecule has 1 atom stereocenters. The quantitative estimate of drug-likeness (QED) is 0.318. The summed E-state index contributed by atoms with van der Waals surface area (Å²) in [4.78, 5) is 19.2. The highest BCUT2D eigenvalue weighted by molar-refractivity contribution is 6.02. The van der Waals surface area contributed by atoms with Gasteiger partial charge in [0.2, 0.25) is 0 Å². The van der Waals surface area contributed by atoms with E-state index in [-0.39, 0.29) is 18.3 Å². The van der Waals surface area contributed by atoms with Gasteiger partial charge in [-0.1, -0.05) is 12.1 Å². The third-order valence-electron chi connectivity index (χ3n) is 6.77. The monoisotopic (exact) mass is 530 g/mol. The summed E-state index contributed by atoms with van der Waals surface area (Å²) in [6.45, 7) is 5.95. The molecule has 1 aliphatic heterocycles. The van der Waals surface area contributed by atoms with Crippen LogP contribution in [0.25, 0.3) is 33.2 Å². The first-order valence-corrected chi connectivity index (χ1v) is 12.5. The van der Waals surface area contributed by atoms with Crippen LogP contribution in [-0.2, 0) is 23.1 Å². The second-order valence-electron chi connectivity index (χ2n) is 9.78. The number of likely N-dealkylation sites (tertiary alicyclic amines) is 1. The lowest BCUT2D eigenvalue weighted by atomic mass is 10.0. The molecule has 4 aromatic rings. The molecule has 0 aliphatic carbocycles. The summed E-state index contributed by atoms with van der Waals surface area (Å²) in [6.07, 6.45) is -3.29. The van der Waals surface area contributed by atoms with Crippen molar-refractivity contribution in [1.82, 2.24) is 29.2 Å². The zero-order valence-corrected chi connectivity index (χ0v) is 21.4. The van der Waals surface area contributed by atoms with Crippen molar-refractivity contribution in [3.8, 4) is 11.1 Å². The molecule has 0 saturated carbocycles. The minimum absolute atomic E-state index is 0.0386. The van der Waals surface area contributed by atoms with Gasteiger partial charge in [0.1, 0.15) is 5.52 Å². The minimum Gasteiger partial charge on any atom is -0.374 e. The van der Waals surface area contributed by atoms with Crippen molar-refractivity contribution in [1.29, 1.82) is 0 Å². The van der Waals surface area contributed by atoms with Crippen LogP contribution in [0.3, 0.4) is 0 Å². The number of hydrogen-bond acceptors (Lipinski definition) is 7. The Morgan fingerprint density at radius 2 is 1.92 bits per heavy atom. The van der Waals surface area contributed by atoms with Crippen LogP contribution >= 0.6 is 0 Å². The van der Waals surface area contributed by atoms with Gasteiger partial charge in [-0.15, -0.1) is 23.4 Å². The van der Waals surface area contributed by atoms with Gasteiger partial charge in [0, 0.05) is 49.9 Å². The van der Waals surface area contributed by atoms with E-state index in [1.807, 2.05) is 49.1 Å². The Bertz CT molecular complexity index is 1500. The van der Waals surface area contributed by atoms with Crippen molar-refractivity contribution < 1.29 is 22.6 Å². The smallest absolute Gasteiger partial charge is 0.374 e. The molecule has 1 fully saturated rings. The lowest BCUT2D eigenvalue weighted by Gasteiger charge is -2.17. The van der Waals surface area contributed by atoms with Crippen molar-refractivity contribution in [2.45, 2.75) is 45.4 Å². The maximum atomic E-state index is 12.8. The molecule has 5 rings (SSSR count). The lowest BCUT2D eigenvalue weighted by molar-refractivity contribution is -0.340. The van der Waals surface area contributed by atoms with E-state index in [0.29, 0.717) is 43.9 Å². The number of ether oxygens (including phenoxy) is 2. The predicted molar refractivity (Wildman–Crippen MR) is 136 cm³/mol. The topological polar surface area (TPSA) is 87.3 Å². The van der Waals surface area contributed by atoms with Crippen LogP contribution < -0.4 is 5.69 Å². The van der Waals surface area contributed by atoms with E-state index < -0.39 is 12.5 Å². The van der Waals surface area contributed by atoms with Gasteiger partial charge < -0.3 is 4.74 Å². The Morgan fingerprint density at radius 1 is 1.13 bits per heavy atom. The molecule has 38 heavy (non-hydrogen) atoms. The fourth-order valence-electron chi connectivity index (χ4n) is 4.89. The number of imidazole rings is 1. The van der Waals surface area contributed by atoms with E-state index >= 15 is 0 Å². The van der Waals surface area contributed by atoms with Crippen LogP contribution in [0.5, 0.6) is 0 Å². The molecule has 12 heteroatoms. The van der Waals surface area contributed by atoms with E-state index in [0.717, 1.165) is 27.7 Å². The highest BCUT2D eigenvalue weighted by Crippen LogP contribution is 2.29. The average molecular weight is 531 g/mol. The third-order valence-corrected chi connectivity index (χ3v) is 6.77. The molecule has 1 aromatic carbocycles. The molecular weight excluding hydrogens is 501 g/mol. The van der Waals surface area contributed by atoms with Crippen molar-refractivity contribution >= 4 is 22.1 Å². The highest BCUT2D eigenvalue weighted by atomic mass is 19.4. The van der Waals surface area contributed by atoms with E-state index in [1.54, 1.807) is 17.8 Å². The Balaban J connectivity index is 1.24. The number of pyridine rings is 1. The predicted octanol–water partition coefficient (Wildman–Crippen LogP) is 4.05. The number of fused-ring (bicyclic) bond motifs is 3. The molecule has 1 unspecified atom stereocenters. The Hall–Kier alpha value is -3.35. The number of aryl methyl sites for hydroxylation is 1. The van der Waals surface area contributed by atoms with Gasteiger partial charge in [-0.25, -0.2) is 4.79 Å². The summed E-state index contributed by atoms with van der Waals surface area (Å²) < 4.78 is 50.2. The van der Waals surface area contributed by atoms with Crippen molar-refractivity contribution in [3.63, 3.8) is 0 Å². The van der Waals surface area contributed by atoms with Gasteiger partial charge in [-0.2, -0.15) is 0 Å². The molecular formula is C26H29F3N6O3. The molecule has 0 spiro atoms. The zero-order valence-electron chi connectivity index (χ0n) is 21.4. The third kappa shape index (κ3) is 5.42. The summed E-state index contributed by atoms with van der Waals surface area (Å²) in [5, 5.41) is 9.43. The van der Waals surface area contributed by atoms with Crippen LogP contribution in [0, 0.1) is 0 Å². The number of halogens is 3. The summed E-state index contributed by atoms with van der Waals surface area (Å²) in [7, 11) is 1.70. The van der Waals surface area contributed by atoms with Crippen molar-refractivity contribution in [3.05, 3.63) is 52.7 Å². The Morgan fingerprint density at radius 3 is 2.63 bits per heavy atom. The summed E-state index contributed by atoms with van der Waals surface area (Å²) in [5.41, 5.74) is 4.45. The zero-order chi connectivity index (χ0) is 27.0. The van der Waals surface area contributed by atoms with E-state index in [4.69, 9.17) is 4.74 Å². The van der Waals surface area contributed by atoms with Crippen LogP contribution in [0.4, 0.5) is 13.2 Å². The number of hydrogen-bond donors (Lipinski definition) is 0. The van der Waals surface area contributed by atoms with Gasteiger partial charge in [0.15, 0.2) is 5.65 Å². The van der Waals surface area contributed by atoms with E-state index in [2.05, 4.69) is 19.9 Å². The molecule has 0 radical (unpaired) electrons. The second kappa shape index (κ2) is 10.4. The van der Waals surface area contributed by atoms with Gasteiger partial charge in [0.25, 0.3) is 0 Å². The summed E-state index contributed by atoms with van der Waals surface area (Å²) >= 11 is 0. The summed E-state index contributed by atoms with van der Waals surface area (Å²) in [6, 6.07) is 9.64. The van der Waals surface area contributed by atoms with Gasteiger partial charge in [-0.3, -0.25) is 23.8 Å². The molecule has 1 saturated heterocycles. The molecule has 0 amide bonds. The molecule has 1 aliphatic rings. The fraction of sp³-hybridized carbons (Fsp3) is 0.462. The summed E-state index contributed by atoms with van der Waals surface area (Å²) in [5.74, 6) is 0. The Kier molecular flexibility index (Phi) is 7.21. The molecule has 0 bridgehead atoms. The number of rotatable bonds is 8. The van der Waals surface area contributed by atoms with Crippen molar-refractivity contribution in [2.24, 2.45) is 7.05 Å². The molecule has 9 nitrogen and oxygen atoms in total. The highest BCUT2D eigenvalue weighted by Gasteiger charge is 2.36. The maximum Gasteiger partial charge on any atom is 0.522 e.